The van der Waals surface area contributed by atoms with Gasteiger partial charge in [0.1, 0.15) is 5.75 Å². The quantitative estimate of drug-likeness (QED) is 0.538. The Balaban J connectivity index is 1.75. The van der Waals surface area contributed by atoms with Crippen LogP contribution in [0.15, 0.2) is 42.5 Å². The molecule has 1 amide bonds. The lowest BCUT2D eigenvalue weighted by atomic mass is 10.0. The topological polar surface area (TPSA) is 84.7 Å². The van der Waals surface area contributed by atoms with Gasteiger partial charge in [-0.15, -0.1) is 0 Å². The van der Waals surface area contributed by atoms with Crippen LogP contribution in [0.25, 0.3) is 0 Å². The van der Waals surface area contributed by atoms with Gasteiger partial charge >= 0.3 is 0 Å². The molecule has 154 valence electrons. The van der Waals surface area contributed by atoms with Crippen molar-refractivity contribution in [2.75, 3.05) is 26.7 Å². The van der Waals surface area contributed by atoms with E-state index in [9.17, 15) is 14.9 Å². The lowest BCUT2D eigenvalue weighted by Gasteiger charge is -2.35. The summed E-state index contributed by atoms with van der Waals surface area (Å²) < 4.78 is 5.24. The maximum atomic E-state index is 12.7. The molecular formula is C21H24ClN3O4. The van der Waals surface area contributed by atoms with E-state index in [0.29, 0.717) is 6.54 Å². The molecule has 0 aromatic heterocycles. The summed E-state index contributed by atoms with van der Waals surface area (Å²) in [4.78, 5) is 25.4. The van der Waals surface area contributed by atoms with Gasteiger partial charge in [-0.25, -0.2) is 0 Å². The van der Waals surface area contributed by atoms with Gasteiger partial charge in [0.2, 0.25) is 0 Å². The van der Waals surface area contributed by atoms with Crippen molar-refractivity contribution in [3.05, 3.63) is 68.7 Å². The first kappa shape index (κ1) is 21.1. The predicted octanol–water partition coefficient (Wildman–Crippen LogP) is 4.21. The number of benzene rings is 2. The Labute approximate surface area is 174 Å². The number of carbonyl (C=O) groups is 1. The second-order valence-electron chi connectivity index (χ2n) is 7.02. The van der Waals surface area contributed by atoms with Gasteiger partial charge in [-0.05, 0) is 49.7 Å². The van der Waals surface area contributed by atoms with Crippen LogP contribution in [0.1, 0.15) is 41.2 Å². The van der Waals surface area contributed by atoms with E-state index in [1.54, 1.807) is 7.11 Å². The lowest BCUT2D eigenvalue weighted by molar-refractivity contribution is -0.384. The Kier molecular flexibility index (Phi) is 7.06. The van der Waals surface area contributed by atoms with Crippen LogP contribution >= 0.6 is 11.6 Å². The molecule has 2 aromatic carbocycles. The van der Waals surface area contributed by atoms with Gasteiger partial charge < -0.3 is 10.1 Å². The molecule has 3 rings (SSSR count). The Morgan fingerprint density at radius 3 is 2.48 bits per heavy atom. The highest BCUT2D eigenvalue weighted by atomic mass is 35.5. The van der Waals surface area contributed by atoms with Crippen molar-refractivity contribution in [2.45, 2.75) is 25.3 Å². The molecule has 0 radical (unpaired) electrons. The summed E-state index contributed by atoms with van der Waals surface area (Å²) in [6, 6.07) is 11.8. The number of hydrogen-bond acceptors (Lipinski definition) is 5. The number of carbonyl (C=O) groups excluding carboxylic acids is 1. The Morgan fingerprint density at radius 1 is 1.21 bits per heavy atom. The minimum Gasteiger partial charge on any atom is -0.497 e. The molecule has 7 nitrogen and oxygen atoms in total. The van der Waals surface area contributed by atoms with E-state index in [0.717, 1.165) is 37.2 Å². The Bertz CT molecular complexity index is 867. The van der Waals surface area contributed by atoms with Crippen LogP contribution in [0.3, 0.4) is 0 Å². The van der Waals surface area contributed by atoms with Gasteiger partial charge in [0.25, 0.3) is 11.6 Å². The number of hydrogen-bond donors (Lipinski definition) is 1. The number of nitro groups is 1. The first-order valence-corrected chi connectivity index (χ1v) is 9.97. The summed E-state index contributed by atoms with van der Waals surface area (Å²) >= 11 is 6.09. The number of rotatable bonds is 7. The zero-order valence-electron chi connectivity index (χ0n) is 16.3. The van der Waals surface area contributed by atoms with Gasteiger partial charge in [-0.2, -0.15) is 0 Å². The number of nitrogens with zero attached hydrogens (tertiary/aromatic N) is 2. The summed E-state index contributed by atoms with van der Waals surface area (Å²) in [6.07, 6.45) is 3.49. The standard InChI is InChI=1S/C21H24ClN3O4/c1-29-17-8-5-15(6-9-17)20(24-11-3-2-4-12-24)14-23-21(26)18-10-7-16(25(27)28)13-19(18)22/h5-10,13,20H,2-4,11-12,14H2,1H3,(H,23,26)/t20-/m0/s1. The monoisotopic (exact) mass is 417 g/mol. The van der Waals surface area contributed by atoms with Crippen LogP contribution < -0.4 is 10.1 Å². The molecule has 1 aliphatic heterocycles. The number of ether oxygens (including phenoxy) is 1. The second kappa shape index (κ2) is 9.71. The molecule has 1 fully saturated rings. The number of halogens is 1. The number of nitro benzene ring substituents is 1. The average Bonchev–Trinajstić information content (AvgIpc) is 2.74. The summed E-state index contributed by atoms with van der Waals surface area (Å²) in [5, 5.41) is 13.9. The normalized spacial score (nSPS) is 15.5. The van der Waals surface area contributed by atoms with Gasteiger partial charge in [0, 0.05) is 18.7 Å². The van der Waals surface area contributed by atoms with Crippen LogP contribution in [0.2, 0.25) is 5.02 Å². The number of nitrogens with one attached hydrogen (secondary N) is 1. The van der Waals surface area contributed by atoms with Gasteiger partial charge in [-0.3, -0.25) is 19.8 Å². The fourth-order valence-corrected chi connectivity index (χ4v) is 3.86. The summed E-state index contributed by atoms with van der Waals surface area (Å²) in [7, 11) is 1.63. The smallest absolute Gasteiger partial charge is 0.270 e. The molecule has 1 atom stereocenters. The van der Waals surface area contributed by atoms with E-state index < -0.39 is 4.92 Å². The summed E-state index contributed by atoms with van der Waals surface area (Å²) in [5.74, 6) is 0.438. The molecule has 8 heteroatoms. The van der Waals surface area contributed by atoms with Crippen molar-refractivity contribution < 1.29 is 14.5 Å². The zero-order chi connectivity index (χ0) is 20.8. The second-order valence-corrected chi connectivity index (χ2v) is 7.42. The van der Waals surface area contributed by atoms with Crippen LogP contribution in [-0.4, -0.2) is 42.5 Å². The van der Waals surface area contributed by atoms with Crippen molar-refractivity contribution in [1.29, 1.82) is 0 Å². The number of methoxy groups -OCH3 is 1. The maximum Gasteiger partial charge on any atom is 0.270 e. The molecule has 29 heavy (non-hydrogen) atoms. The summed E-state index contributed by atoms with van der Waals surface area (Å²) in [5.41, 5.74) is 1.18. The van der Waals surface area contributed by atoms with E-state index in [1.165, 1.54) is 24.6 Å². The number of non-ortho nitro benzene ring substituents is 1. The number of piperidine rings is 1. The first-order valence-electron chi connectivity index (χ1n) is 9.59. The van der Waals surface area contributed by atoms with Gasteiger partial charge in [0.05, 0.1) is 28.7 Å². The third-order valence-corrected chi connectivity index (χ3v) is 5.51. The molecule has 1 N–H and O–H groups in total. The SMILES string of the molecule is COc1ccc([C@H](CNC(=O)c2ccc([N+](=O)[O-])cc2Cl)N2CCCCC2)cc1. The molecule has 0 bridgehead atoms. The highest BCUT2D eigenvalue weighted by Crippen LogP contribution is 2.27. The van der Waals surface area contributed by atoms with Gasteiger partial charge in [0.15, 0.2) is 0 Å². The molecule has 1 heterocycles. The molecule has 0 saturated carbocycles. The minimum atomic E-state index is -0.538. The van der Waals surface area contributed by atoms with Crippen molar-refractivity contribution >= 4 is 23.2 Å². The summed E-state index contributed by atoms with van der Waals surface area (Å²) in [6.45, 7) is 2.37. The largest absolute Gasteiger partial charge is 0.497 e. The van der Waals surface area contributed by atoms with Gasteiger partial charge in [-0.1, -0.05) is 30.2 Å². The molecule has 0 spiro atoms. The van der Waals surface area contributed by atoms with E-state index >= 15 is 0 Å². The fraction of sp³-hybridized carbons (Fsp3) is 0.381. The van der Waals surface area contributed by atoms with Crippen molar-refractivity contribution in [3.8, 4) is 5.75 Å². The third kappa shape index (κ3) is 5.25. The molecular weight excluding hydrogens is 394 g/mol. The number of likely N-dealkylation sites (tertiary alicyclic amines) is 1. The minimum absolute atomic E-state index is 0.0296. The van der Waals surface area contributed by atoms with E-state index in [1.807, 2.05) is 24.3 Å². The molecule has 1 saturated heterocycles. The highest BCUT2D eigenvalue weighted by Gasteiger charge is 2.24. The third-order valence-electron chi connectivity index (χ3n) is 5.20. The lowest BCUT2D eigenvalue weighted by Crippen LogP contribution is -2.40. The highest BCUT2D eigenvalue weighted by molar-refractivity contribution is 6.34. The molecule has 2 aromatic rings. The Hall–Kier alpha value is -2.64. The van der Waals surface area contributed by atoms with Crippen LogP contribution in [0.5, 0.6) is 5.75 Å². The molecule has 1 aliphatic rings. The van der Waals surface area contributed by atoms with Crippen LogP contribution in [0.4, 0.5) is 5.69 Å². The predicted molar refractivity (Wildman–Crippen MR) is 112 cm³/mol. The fourth-order valence-electron chi connectivity index (χ4n) is 3.60. The number of amides is 1. The van der Waals surface area contributed by atoms with Crippen molar-refractivity contribution in [3.63, 3.8) is 0 Å². The zero-order valence-corrected chi connectivity index (χ0v) is 17.0. The van der Waals surface area contributed by atoms with Crippen LogP contribution in [-0.2, 0) is 0 Å². The van der Waals surface area contributed by atoms with E-state index in [4.69, 9.17) is 16.3 Å². The van der Waals surface area contributed by atoms with Crippen molar-refractivity contribution in [2.24, 2.45) is 0 Å². The first-order chi connectivity index (χ1) is 14.0. The average molecular weight is 418 g/mol. The molecule has 0 unspecified atom stereocenters. The molecule has 0 aliphatic carbocycles. The van der Waals surface area contributed by atoms with Crippen LogP contribution in [0, 0.1) is 10.1 Å². The van der Waals surface area contributed by atoms with Crippen molar-refractivity contribution in [1.82, 2.24) is 10.2 Å². The van der Waals surface area contributed by atoms with E-state index in [2.05, 4.69) is 10.2 Å². The maximum absolute atomic E-state index is 12.7. The van der Waals surface area contributed by atoms with E-state index in [-0.39, 0.29) is 28.2 Å². The Morgan fingerprint density at radius 2 is 1.90 bits per heavy atom.